The maximum atomic E-state index is 13.6. The van der Waals surface area contributed by atoms with E-state index in [-0.39, 0.29) is 29.1 Å². The highest BCUT2D eigenvalue weighted by Crippen LogP contribution is 2.28. The molecule has 37 heavy (non-hydrogen) atoms. The molecule has 5 rings (SSSR count). The summed E-state index contributed by atoms with van der Waals surface area (Å²) in [5, 5.41) is 1.07. The zero-order valence-electron chi connectivity index (χ0n) is 20.4. The number of para-hydroxylation sites is 1. The molecule has 0 amide bonds. The first-order chi connectivity index (χ1) is 17.7. The van der Waals surface area contributed by atoms with Crippen LogP contribution in [0, 0.1) is 5.82 Å². The van der Waals surface area contributed by atoms with Crippen molar-refractivity contribution in [3.63, 3.8) is 0 Å². The Balaban J connectivity index is 1.49. The van der Waals surface area contributed by atoms with E-state index < -0.39 is 15.8 Å². The van der Waals surface area contributed by atoms with Crippen molar-refractivity contribution in [3.8, 4) is 5.69 Å². The fraction of sp³-hybridized carbons (Fsp3) is 0.259. The molecule has 192 valence electrons. The van der Waals surface area contributed by atoms with E-state index in [0.717, 1.165) is 12.1 Å². The summed E-state index contributed by atoms with van der Waals surface area (Å²) < 4.78 is 42.9. The Morgan fingerprint density at radius 2 is 1.68 bits per heavy atom. The monoisotopic (exact) mass is 540 g/mol. The van der Waals surface area contributed by atoms with Crippen LogP contribution in [-0.2, 0) is 10.0 Å². The summed E-state index contributed by atoms with van der Waals surface area (Å²) in [4.78, 5) is 20.7. The summed E-state index contributed by atoms with van der Waals surface area (Å²) in [5.74, 6) is 0.0772. The van der Waals surface area contributed by atoms with Crippen molar-refractivity contribution in [1.82, 2.24) is 18.8 Å². The van der Waals surface area contributed by atoms with E-state index in [0.29, 0.717) is 40.5 Å². The van der Waals surface area contributed by atoms with Gasteiger partial charge < -0.3 is 0 Å². The number of halogens is 2. The van der Waals surface area contributed by atoms with Gasteiger partial charge in [0.1, 0.15) is 11.6 Å². The summed E-state index contributed by atoms with van der Waals surface area (Å²) in [6, 6.07) is 18.5. The van der Waals surface area contributed by atoms with Crippen LogP contribution in [0.4, 0.5) is 4.39 Å². The minimum atomic E-state index is -3.78. The Hall–Kier alpha value is -3.11. The van der Waals surface area contributed by atoms with Crippen LogP contribution in [0.15, 0.2) is 82.5 Å². The molecular weight excluding hydrogens is 515 g/mol. The smallest absolute Gasteiger partial charge is 0.266 e. The van der Waals surface area contributed by atoms with Gasteiger partial charge >= 0.3 is 0 Å². The summed E-state index contributed by atoms with van der Waals surface area (Å²) in [5.41, 5.74) is 1.07. The van der Waals surface area contributed by atoms with Gasteiger partial charge in [-0.1, -0.05) is 23.7 Å². The molecule has 7 nitrogen and oxygen atoms in total. The first-order valence-corrected chi connectivity index (χ1v) is 13.8. The normalized spacial score (nSPS) is 18.2. The number of sulfonamides is 1. The molecule has 4 aromatic rings. The average Bonchev–Trinajstić information content (AvgIpc) is 2.89. The van der Waals surface area contributed by atoms with Gasteiger partial charge in [-0.3, -0.25) is 14.3 Å². The van der Waals surface area contributed by atoms with Crippen molar-refractivity contribution in [2.75, 3.05) is 19.6 Å². The molecule has 0 spiro atoms. The second kappa shape index (κ2) is 9.98. The molecule has 1 saturated heterocycles. The highest BCUT2D eigenvalue weighted by molar-refractivity contribution is 7.89. The van der Waals surface area contributed by atoms with E-state index in [9.17, 15) is 17.6 Å². The van der Waals surface area contributed by atoms with Crippen LogP contribution in [0.1, 0.15) is 25.7 Å². The van der Waals surface area contributed by atoms with Gasteiger partial charge in [0.05, 0.1) is 27.5 Å². The highest BCUT2D eigenvalue weighted by atomic mass is 35.5. The van der Waals surface area contributed by atoms with Crippen molar-refractivity contribution in [2.45, 2.75) is 30.8 Å². The molecule has 1 fully saturated rings. The van der Waals surface area contributed by atoms with Crippen molar-refractivity contribution < 1.29 is 12.8 Å². The average molecular weight is 541 g/mol. The number of piperazine rings is 1. The molecule has 2 heterocycles. The zero-order chi connectivity index (χ0) is 26.3. The third kappa shape index (κ3) is 4.80. The van der Waals surface area contributed by atoms with E-state index in [2.05, 4.69) is 4.90 Å². The minimum absolute atomic E-state index is 0.0648. The minimum Gasteiger partial charge on any atom is -0.291 e. The molecule has 0 bridgehead atoms. The van der Waals surface area contributed by atoms with Crippen LogP contribution in [0.2, 0.25) is 5.02 Å². The molecule has 10 heteroatoms. The molecule has 0 aliphatic carbocycles. The molecule has 1 aliphatic heterocycles. The molecule has 3 aromatic carbocycles. The maximum Gasteiger partial charge on any atom is 0.266 e. The van der Waals surface area contributed by atoms with E-state index in [1.165, 1.54) is 16.4 Å². The summed E-state index contributed by atoms with van der Waals surface area (Å²) in [6.07, 6.45) is 0. The Bertz CT molecular complexity index is 1610. The van der Waals surface area contributed by atoms with Crippen molar-refractivity contribution in [1.29, 1.82) is 0 Å². The van der Waals surface area contributed by atoms with Crippen molar-refractivity contribution >= 4 is 32.5 Å². The molecule has 0 N–H and O–H groups in total. The number of fused-ring (bicyclic) bond motifs is 1. The van der Waals surface area contributed by atoms with Crippen LogP contribution in [0.3, 0.4) is 0 Å². The van der Waals surface area contributed by atoms with E-state index >= 15 is 0 Å². The van der Waals surface area contributed by atoms with Gasteiger partial charge in [-0.15, -0.1) is 0 Å². The summed E-state index contributed by atoms with van der Waals surface area (Å²) >= 11 is 6.09. The van der Waals surface area contributed by atoms with E-state index in [1.807, 2.05) is 32.0 Å². The van der Waals surface area contributed by atoms with Gasteiger partial charge in [-0.25, -0.2) is 17.8 Å². The Morgan fingerprint density at radius 1 is 1.00 bits per heavy atom. The highest BCUT2D eigenvalue weighted by Gasteiger charge is 2.36. The Kier molecular flexibility index (Phi) is 6.89. The molecule has 1 aliphatic rings. The van der Waals surface area contributed by atoms with Crippen LogP contribution in [-0.4, -0.2) is 52.9 Å². The van der Waals surface area contributed by atoms with Gasteiger partial charge in [-0.05, 0) is 74.5 Å². The van der Waals surface area contributed by atoms with Crippen LogP contribution in [0.25, 0.3) is 16.6 Å². The van der Waals surface area contributed by atoms with Gasteiger partial charge in [0.2, 0.25) is 10.0 Å². The fourth-order valence-corrected chi connectivity index (χ4v) is 6.59. The number of nitrogens with zero attached hydrogens (tertiary/aromatic N) is 4. The lowest BCUT2D eigenvalue weighted by Gasteiger charge is -2.41. The van der Waals surface area contributed by atoms with Crippen LogP contribution < -0.4 is 5.56 Å². The van der Waals surface area contributed by atoms with Gasteiger partial charge in [-0.2, -0.15) is 4.31 Å². The molecule has 2 atom stereocenters. The lowest BCUT2D eigenvalue weighted by atomic mass is 10.1. The number of hydrogen-bond acceptors (Lipinski definition) is 5. The van der Waals surface area contributed by atoms with Crippen molar-refractivity contribution in [2.24, 2.45) is 0 Å². The van der Waals surface area contributed by atoms with E-state index in [4.69, 9.17) is 16.6 Å². The number of benzene rings is 3. The fourth-order valence-electron chi connectivity index (χ4n) is 4.85. The predicted octanol–water partition coefficient (Wildman–Crippen LogP) is 4.63. The van der Waals surface area contributed by atoms with Crippen molar-refractivity contribution in [3.05, 3.63) is 99.8 Å². The molecule has 0 saturated carbocycles. The molecule has 0 radical (unpaired) electrons. The third-order valence-electron chi connectivity index (χ3n) is 6.83. The molecule has 1 aromatic heterocycles. The van der Waals surface area contributed by atoms with Gasteiger partial charge in [0, 0.05) is 30.7 Å². The summed E-state index contributed by atoms with van der Waals surface area (Å²) in [6.45, 7) is 4.95. The lowest BCUT2D eigenvalue weighted by molar-refractivity contribution is 0.104. The Labute approximate surface area is 219 Å². The van der Waals surface area contributed by atoms with Crippen LogP contribution >= 0.6 is 11.6 Å². The lowest BCUT2D eigenvalue weighted by Crippen LogP contribution is -2.54. The second-order valence-corrected chi connectivity index (χ2v) is 11.5. The van der Waals surface area contributed by atoms with Gasteiger partial charge in [0.25, 0.3) is 5.56 Å². The Morgan fingerprint density at radius 3 is 2.35 bits per heavy atom. The second-order valence-electron chi connectivity index (χ2n) is 9.19. The zero-order valence-corrected chi connectivity index (χ0v) is 22.0. The number of rotatable bonds is 5. The third-order valence-corrected chi connectivity index (χ3v) is 9.11. The summed E-state index contributed by atoms with van der Waals surface area (Å²) in [7, 11) is -3.78. The first kappa shape index (κ1) is 25.5. The standard InChI is InChI=1S/C27H26ClFN4O3S/c1-18-17-31(15-16-32(18)37(35,36)23-13-9-21(29)10-14-23)19(2)26-30-25-6-4-3-5-24(25)27(34)33(26)22-11-7-20(28)8-12-22/h3-14,18-19H,15-17H2,1-2H3/t18-,19-/m1/s1. The first-order valence-electron chi connectivity index (χ1n) is 12.0. The van der Waals surface area contributed by atoms with Crippen LogP contribution in [0.5, 0.6) is 0 Å². The quantitative estimate of drug-likeness (QED) is 0.369. The number of hydrogen-bond donors (Lipinski definition) is 0. The predicted molar refractivity (Wildman–Crippen MR) is 142 cm³/mol. The number of aromatic nitrogens is 2. The molecule has 0 unspecified atom stereocenters. The largest absolute Gasteiger partial charge is 0.291 e. The molecular formula is C27H26ClFN4O3S. The van der Waals surface area contributed by atoms with Gasteiger partial charge in [0.15, 0.2) is 0 Å². The maximum absolute atomic E-state index is 13.6. The SMILES string of the molecule is C[C@H](c1nc2ccccc2c(=O)n1-c1ccc(Cl)cc1)N1CCN(S(=O)(=O)c2ccc(F)cc2)[C@H](C)C1. The van der Waals surface area contributed by atoms with E-state index in [1.54, 1.807) is 34.9 Å². The topological polar surface area (TPSA) is 75.5 Å².